The smallest absolute Gasteiger partial charge is 0.308 e. The zero-order valence-electron chi connectivity index (χ0n) is 21.6. The van der Waals surface area contributed by atoms with E-state index in [0.717, 1.165) is 22.5 Å². The van der Waals surface area contributed by atoms with Crippen LogP contribution in [0, 0.1) is 12.8 Å². The van der Waals surface area contributed by atoms with Gasteiger partial charge in [-0.2, -0.15) is 0 Å². The fraction of sp³-hybridized carbons (Fsp3) is 0.207. The van der Waals surface area contributed by atoms with Crippen molar-refractivity contribution in [1.29, 1.82) is 0 Å². The number of anilines is 2. The summed E-state index contributed by atoms with van der Waals surface area (Å²) < 4.78 is 6.55. The molecule has 1 saturated heterocycles. The number of nitrogens with zero attached hydrogens (tertiary/aromatic N) is 3. The maximum Gasteiger partial charge on any atom is 0.308 e. The van der Waals surface area contributed by atoms with Gasteiger partial charge in [-0.1, -0.05) is 46.9 Å². The maximum absolute atomic E-state index is 13.9. The number of carbonyl (C=O) groups excluding carboxylic acids is 3. The SMILES string of the molecule is COc1ccc(NC(=O)Cn2c3c(sc2=O)[C@@H](c2cccnc2)[C@H]2C(=O)N(c4ccc(C)cc4)C(=O)[C@H]2S3)cc1. The Labute approximate surface area is 237 Å². The molecule has 0 aliphatic carbocycles. The van der Waals surface area contributed by atoms with Crippen LogP contribution in [-0.2, 0) is 20.9 Å². The number of hydrogen-bond acceptors (Lipinski definition) is 8. The minimum Gasteiger partial charge on any atom is -0.497 e. The zero-order chi connectivity index (χ0) is 28.0. The Morgan fingerprint density at radius 2 is 1.77 bits per heavy atom. The lowest BCUT2D eigenvalue weighted by atomic mass is 9.84. The average molecular weight is 573 g/mol. The van der Waals surface area contributed by atoms with Crippen molar-refractivity contribution in [3.8, 4) is 5.75 Å². The van der Waals surface area contributed by atoms with Gasteiger partial charge in [0.15, 0.2) is 0 Å². The van der Waals surface area contributed by atoms with Gasteiger partial charge in [0.2, 0.25) is 17.7 Å². The number of rotatable bonds is 6. The van der Waals surface area contributed by atoms with Gasteiger partial charge in [0.25, 0.3) is 0 Å². The Bertz CT molecular complexity index is 1670. The van der Waals surface area contributed by atoms with Gasteiger partial charge in [0, 0.05) is 28.9 Å². The van der Waals surface area contributed by atoms with Gasteiger partial charge in [0.1, 0.15) is 17.5 Å². The molecule has 40 heavy (non-hydrogen) atoms. The minimum absolute atomic E-state index is 0.231. The van der Waals surface area contributed by atoms with E-state index in [1.54, 1.807) is 62.0 Å². The number of benzene rings is 2. The third kappa shape index (κ3) is 4.50. The molecule has 2 aliphatic heterocycles. The summed E-state index contributed by atoms with van der Waals surface area (Å²) in [6.07, 6.45) is 3.30. The predicted octanol–water partition coefficient (Wildman–Crippen LogP) is 4.06. The van der Waals surface area contributed by atoms with E-state index in [0.29, 0.717) is 27.0 Å². The maximum atomic E-state index is 13.9. The number of aromatic nitrogens is 2. The van der Waals surface area contributed by atoms with Crippen LogP contribution in [0.15, 0.2) is 82.9 Å². The van der Waals surface area contributed by atoms with E-state index in [1.807, 2.05) is 25.1 Å². The predicted molar refractivity (Wildman–Crippen MR) is 153 cm³/mol. The molecule has 0 spiro atoms. The first-order valence-corrected chi connectivity index (χ1v) is 14.2. The van der Waals surface area contributed by atoms with Gasteiger partial charge < -0.3 is 10.1 Å². The summed E-state index contributed by atoms with van der Waals surface area (Å²) in [5.74, 6) is -1.64. The molecule has 2 aliphatic rings. The lowest BCUT2D eigenvalue weighted by Gasteiger charge is -2.30. The molecule has 0 radical (unpaired) electrons. The van der Waals surface area contributed by atoms with Crippen LogP contribution >= 0.6 is 23.1 Å². The van der Waals surface area contributed by atoms with Crippen molar-refractivity contribution in [2.24, 2.45) is 5.92 Å². The van der Waals surface area contributed by atoms with Crippen LogP contribution < -0.4 is 19.8 Å². The number of nitrogens with one attached hydrogen (secondary N) is 1. The molecule has 0 saturated carbocycles. The molecule has 4 heterocycles. The van der Waals surface area contributed by atoms with Crippen molar-refractivity contribution in [2.45, 2.75) is 29.7 Å². The fourth-order valence-corrected chi connectivity index (χ4v) is 7.91. The van der Waals surface area contributed by atoms with Crippen LogP contribution in [0.1, 0.15) is 21.9 Å². The van der Waals surface area contributed by atoms with E-state index >= 15 is 0 Å². The Kier molecular flexibility index (Phi) is 6.77. The number of thioether (sulfide) groups is 1. The van der Waals surface area contributed by atoms with Crippen LogP contribution in [0.2, 0.25) is 0 Å². The molecule has 3 atom stereocenters. The number of carbonyl (C=O) groups is 3. The van der Waals surface area contributed by atoms with E-state index in [9.17, 15) is 19.2 Å². The lowest BCUT2D eigenvalue weighted by molar-refractivity contribution is -0.122. The van der Waals surface area contributed by atoms with Crippen molar-refractivity contribution in [2.75, 3.05) is 17.3 Å². The highest BCUT2D eigenvalue weighted by Crippen LogP contribution is 2.53. The minimum atomic E-state index is -0.753. The van der Waals surface area contributed by atoms with Crippen molar-refractivity contribution in [3.05, 3.63) is 98.7 Å². The normalized spacial score (nSPS) is 19.8. The number of methoxy groups -OCH3 is 1. The van der Waals surface area contributed by atoms with Gasteiger partial charge in [0.05, 0.1) is 23.7 Å². The monoisotopic (exact) mass is 572 g/mol. The first-order chi connectivity index (χ1) is 19.4. The fourth-order valence-electron chi connectivity index (χ4n) is 5.14. The highest BCUT2D eigenvalue weighted by atomic mass is 32.2. The molecule has 202 valence electrons. The number of ether oxygens (including phenoxy) is 1. The summed E-state index contributed by atoms with van der Waals surface area (Å²) in [6.45, 7) is 1.71. The number of aryl methyl sites for hydroxylation is 1. The number of pyridine rings is 1. The van der Waals surface area contributed by atoms with Gasteiger partial charge in [-0.3, -0.25) is 28.7 Å². The van der Waals surface area contributed by atoms with Crippen LogP contribution in [0.4, 0.5) is 11.4 Å². The van der Waals surface area contributed by atoms with E-state index < -0.39 is 17.1 Å². The molecule has 1 N–H and O–H groups in total. The number of fused-ring (bicyclic) bond motifs is 2. The van der Waals surface area contributed by atoms with Crippen LogP contribution in [0.3, 0.4) is 0 Å². The number of thiazole rings is 1. The van der Waals surface area contributed by atoms with E-state index in [4.69, 9.17) is 4.74 Å². The van der Waals surface area contributed by atoms with Crippen molar-refractivity contribution in [1.82, 2.24) is 9.55 Å². The first-order valence-electron chi connectivity index (χ1n) is 12.5. The second kappa shape index (κ2) is 10.4. The summed E-state index contributed by atoms with van der Waals surface area (Å²) in [4.78, 5) is 59.7. The molecule has 0 bridgehead atoms. The average Bonchev–Trinajstić information content (AvgIpc) is 3.40. The standard InChI is InChI=1S/C29H24N4O5S2/c1-16-5-9-19(10-6-16)33-26(35)23-22(17-4-3-13-30-14-17)25-28(39-24(23)27(33)36)32(29(37)40-25)15-21(34)31-18-7-11-20(38-2)12-8-18/h3-14,22-24H,15H2,1-2H3,(H,31,34)/t22-,23+,24-/m0/s1. The molecule has 6 rings (SSSR count). The Hall–Kier alpha value is -4.22. The molecule has 2 aromatic heterocycles. The molecule has 4 aromatic rings. The number of amides is 3. The van der Waals surface area contributed by atoms with Crippen molar-refractivity contribution < 1.29 is 19.1 Å². The van der Waals surface area contributed by atoms with E-state index in [2.05, 4.69) is 10.3 Å². The van der Waals surface area contributed by atoms with Gasteiger partial charge >= 0.3 is 4.87 Å². The third-order valence-corrected chi connectivity index (χ3v) is 9.66. The van der Waals surface area contributed by atoms with E-state index in [1.165, 1.54) is 21.2 Å². The van der Waals surface area contributed by atoms with Crippen molar-refractivity contribution >= 4 is 52.2 Å². The summed E-state index contributed by atoms with van der Waals surface area (Å²) in [7, 11) is 1.56. The van der Waals surface area contributed by atoms with Crippen LogP contribution in [-0.4, -0.2) is 39.6 Å². The summed E-state index contributed by atoms with van der Waals surface area (Å²) in [5.41, 5.74) is 2.83. The number of hydrogen-bond donors (Lipinski definition) is 1. The Morgan fingerprint density at radius 1 is 1.02 bits per heavy atom. The lowest BCUT2D eigenvalue weighted by Crippen LogP contribution is -2.33. The molecule has 11 heteroatoms. The largest absolute Gasteiger partial charge is 0.497 e. The highest BCUT2D eigenvalue weighted by molar-refractivity contribution is 8.00. The summed E-state index contributed by atoms with van der Waals surface area (Å²) in [6, 6.07) is 17.8. The van der Waals surface area contributed by atoms with Gasteiger partial charge in [-0.15, -0.1) is 0 Å². The molecular weight excluding hydrogens is 548 g/mol. The van der Waals surface area contributed by atoms with E-state index in [-0.39, 0.29) is 29.1 Å². The topological polar surface area (TPSA) is 111 Å². The number of imide groups is 1. The molecular formula is C29H24N4O5S2. The zero-order valence-corrected chi connectivity index (χ0v) is 23.2. The van der Waals surface area contributed by atoms with Crippen LogP contribution in [0.5, 0.6) is 5.75 Å². The van der Waals surface area contributed by atoms with Gasteiger partial charge in [-0.25, -0.2) is 4.90 Å². The quantitative estimate of drug-likeness (QED) is 0.347. The highest BCUT2D eigenvalue weighted by Gasteiger charge is 2.56. The third-order valence-electron chi connectivity index (χ3n) is 7.06. The molecule has 9 nitrogen and oxygen atoms in total. The molecule has 1 fully saturated rings. The molecule has 3 amide bonds. The Morgan fingerprint density at radius 3 is 2.45 bits per heavy atom. The molecule has 2 aromatic carbocycles. The second-order valence-corrected chi connectivity index (χ2v) is 11.7. The summed E-state index contributed by atoms with van der Waals surface area (Å²) in [5, 5.41) is 2.58. The first kappa shape index (κ1) is 26.0. The Balaban J connectivity index is 1.37. The van der Waals surface area contributed by atoms with Crippen molar-refractivity contribution in [3.63, 3.8) is 0 Å². The van der Waals surface area contributed by atoms with Crippen LogP contribution in [0.25, 0.3) is 0 Å². The molecule has 0 unspecified atom stereocenters. The summed E-state index contributed by atoms with van der Waals surface area (Å²) >= 11 is 2.19. The second-order valence-electron chi connectivity index (χ2n) is 9.58. The van der Waals surface area contributed by atoms with Gasteiger partial charge in [-0.05, 0) is 55.0 Å².